The molecule has 0 N–H and O–H groups in total. The van der Waals surface area contributed by atoms with Gasteiger partial charge in [0, 0.05) is 6.08 Å². The highest BCUT2D eigenvalue weighted by atomic mass is 16.5. The average Bonchev–Trinajstić information content (AvgIpc) is 2.96. The van der Waals surface area contributed by atoms with E-state index in [4.69, 9.17) is 4.74 Å². The molecule has 3 aromatic rings. The molecule has 0 aliphatic carbocycles. The maximum Gasteiger partial charge on any atom is 0.256 e. The topological polar surface area (TPSA) is 44.1 Å². The smallest absolute Gasteiger partial charge is 0.256 e. The molecular formula is C19H18N2O2. The molecule has 0 saturated carbocycles. The second-order valence-electron chi connectivity index (χ2n) is 5.48. The number of allylic oxidation sites excluding steroid dienone is 1. The minimum atomic E-state index is -0.119. The number of carbonyl (C=O) groups excluding carboxylic acids is 1. The van der Waals surface area contributed by atoms with Gasteiger partial charge in [0.1, 0.15) is 12.1 Å². The van der Waals surface area contributed by atoms with Gasteiger partial charge in [-0.1, -0.05) is 12.1 Å². The summed E-state index contributed by atoms with van der Waals surface area (Å²) in [6.07, 6.45) is 4.91. The number of benzene rings is 2. The van der Waals surface area contributed by atoms with Crippen molar-refractivity contribution in [3.63, 3.8) is 0 Å². The molecule has 0 spiro atoms. The fraction of sp³-hybridized carbons (Fsp3) is 0.158. The number of rotatable bonds is 3. The van der Waals surface area contributed by atoms with Crippen molar-refractivity contribution in [2.24, 2.45) is 0 Å². The van der Waals surface area contributed by atoms with Gasteiger partial charge in [-0.2, -0.15) is 0 Å². The van der Waals surface area contributed by atoms with Crippen molar-refractivity contribution in [3.05, 3.63) is 65.5 Å². The molecule has 116 valence electrons. The zero-order valence-corrected chi connectivity index (χ0v) is 13.4. The van der Waals surface area contributed by atoms with Crippen molar-refractivity contribution in [1.82, 2.24) is 9.55 Å². The lowest BCUT2D eigenvalue weighted by molar-refractivity contribution is 0.0974. The summed E-state index contributed by atoms with van der Waals surface area (Å²) in [6, 6.07) is 11.5. The van der Waals surface area contributed by atoms with Crippen LogP contribution in [0.3, 0.4) is 0 Å². The molecule has 2 aromatic carbocycles. The highest BCUT2D eigenvalue weighted by molar-refractivity contribution is 5.99. The number of hydrogen-bond donors (Lipinski definition) is 0. The molecule has 0 aliphatic rings. The first-order valence-corrected chi connectivity index (χ1v) is 7.39. The van der Waals surface area contributed by atoms with E-state index in [1.54, 1.807) is 30.2 Å². The second kappa shape index (κ2) is 6.08. The van der Waals surface area contributed by atoms with Crippen LogP contribution in [0.4, 0.5) is 0 Å². The van der Waals surface area contributed by atoms with E-state index in [1.165, 1.54) is 5.56 Å². The Morgan fingerprint density at radius 1 is 1.13 bits per heavy atom. The quantitative estimate of drug-likeness (QED) is 0.687. The largest absolute Gasteiger partial charge is 0.497 e. The maximum absolute atomic E-state index is 12.4. The molecule has 0 radical (unpaired) electrons. The first-order valence-electron chi connectivity index (χ1n) is 7.39. The standard InChI is InChI=1S/C19H18N2O2/c1-13-10-17-18(11-14(13)2)21(12-20-17)19(22)9-6-15-4-7-16(23-3)8-5-15/h4-12H,1-3H3/b9-6+. The highest BCUT2D eigenvalue weighted by Gasteiger charge is 2.09. The molecule has 0 bridgehead atoms. The number of nitrogens with zero attached hydrogens (tertiary/aromatic N) is 2. The van der Waals surface area contributed by atoms with Crippen molar-refractivity contribution >= 4 is 23.0 Å². The van der Waals surface area contributed by atoms with Crippen LogP contribution in [0.2, 0.25) is 0 Å². The third kappa shape index (κ3) is 3.01. The maximum atomic E-state index is 12.4. The average molecular weight is 306 g/mol. The van der Waals surface area contributed by atoms with Gasteiger partial charge in [0.15, 0.2) is 0 Å². The van der Waals surface area contributed by atoms with Crippen LogP contribution >= 0.6 is 0 Å². The molecule has 23 heavy (non-hydrogen) atoms. The van der Waals surface area contributed by atoms with Gasteiger partial charge in [0.2, 0.25) is 0 Å². The summed E-state index contributed by atoms with van der Waals surface area (Å²) in [6.45, 7) is 4.07. The molecule has 4 heteroatoms. The summed E-state index contributed by atoms with van der Waals surface area (Å²) in [5.74, 6) is 0.673. The van der Waals surface area contributed by atoms with Gasteiger partial charge in [-0.25, -0.2) is 4.98 Å². The van der Waals surface area contributed by atoms with E-state index >= 15 is 0 Å². The number of aromatic nitrogens is 2. The van der Waals surface area contributed by atoms with Crippen LogP contribution in [0.1, 0.15) is 21.5 Å². The van der Waals surface area contributed by atoms with Crippen LogP contribution in [0, 0.1) is 13.8 Å². The molecule has 0 amide bonds. The monoisotopic (exact) mass is 306 g/mol. The Kier molecular flexibility index (Phi) is 3.98. The Balaban J connectivity index is 1.88. The molecule has 1 heterocycles. The normalized spacial score (nSPS) is 11.3. The molecule has 0 saturated heterocycles. The van der Waals surface area contributed by atoms with E-state index in [9.17, 15) is 4.79 Å². The summed E-state index contributed by atoms with van der Waals surface area (Å²) in [7, 11) is 1.63. The molecule has 4 nitrogen and oxygen atoms in total. The third-order valence-electron chi connectivity index (χ3n) is 3.93. The van der Waals surface area contributed by atoms with Crippen molar-refractivity contribution in [3.8, 4) is 5.75 Å². The van der Waals surface area contributed by atoms with E-state index in [0.717, 1.165) is 27.9 Å². The first kappa shape index (κ1) is 15.0. The number of imidazole rings is 1. The summed E-state index contributed by atoms with van der Waals surface area (Å²) < 4.78 is 6.69. The van der Waals surface area contributed by atoms with Crippen molar-refractivity contribution in [2.75, 3.05) is 7.11 Å². The Morgan fingerprint density at radius 3 is 2.52 bits per heavy atom. The first-order chi connectivity index (χ1) is 11.1. The van der Waals surface area contributed by atoms with E-state index in [2.05, 4.69) is 4.98 Å². The van der Waals surface area contributed by atoms with Crippen LogP contribution < -0.4 is 4.74 Å². The van der Waals surface area contributed by atoms with Crippen molar-refractivity contribution < 1.29 is 9.53 Å². The highest BCUT2D eigenvalue weighted by Crippen LogP contribution is 2.19. The predicted molar refractivity (Wildman–Crippen MR) is 91.9 cm³/mol. The van der Waals surface area contributed by atoms with E-state index < -0.39 is 0 Å². The van der Waals surface area contributed by atoms with Gasteiger partial charge in [0.25, 0.3) is 5.91 Å². The zero-order valence-electron chi connectivity index (χ0n) is 13.4. The van der Waals surface area contributed by atoms with Gasteiger partial charge in [0.05, 0.1) is 18.1 Å². The predicted octanol–water partition coefficient (Wildman–Crippen LogP) is 4.02. The molecule has 0 atom stereocenters. The number of fused-ring (bicyclic) bond motifs is 1. The van der Waals surface area contributed by atoms with Crippen LogP contribution in [0.15, 0.2) is 48.8 Å². The lowest BCUT2D eigenvalue weighted by atomic mass is 10.1. The Labute approximate surface area is 135 Å². The number of methoxy groups -OCH3 is 1. The number of ether oxygens (including phenoxy) is 1. The lowest BCUT2D eigenvalue weighted by Crippen LogP contribution is -2.05. The summed E-state index contributed by atoms with van der Waals surface area (Å²) in [4.78, 5) is 16.7. The molecular weight excluding hydrogens is 288 g/mol. The van der Waals surface area contributed by atoms with Crippen LogP contribution in [-0.4, -0.2) is 22.6 Å². The summed E-state index contributed by atoms with van der Waals surface area (Å²) in [5.41, 5.74) is 4.92. The molecule has 0 aliphatic heterocycles. The third-order valence-corrected chi connectivity index (χ3v) is 3.93. The lowest BCUT2D eigenvalue weighted by Gasteiger charge is -2.02. The van der Waals surface area contributed by atoms with Gasteiger partial charge in [-0.15, -0.1) is 0 Å². The van der Waals surface area contributed by atoms with Crippen molar-refractivity contribution in [1.29, 1.82) is 0 Å². The van der Waals surface area contributed by atoms with Gasteiger partial charge in [-0.3, -0.25) is 9.36 Å². The minimum Gasteiger partial charge on any atom is -0.497 e. The number of carbonyl (C=O) groups is 1. The SMILES string of the molecule is COc1ccc(/C=C/C(=O)n2cnc3cc(C)c(C)cc32)cc1. The van der Waals surface area contributed by atoms with Crippen LogP contribution in [0.25, 0.3) is 17.1 Å². The fourth-order valence-electron chi connectivity index (χ4n) is 2.40. The van der Waals surface area contributed by atoms with Gasteiger partial charge >= 0.3 is 0 Å². The van der Waals surface area contributed by atoms with Crippen LogP contribution in [-0.2, 0) is 0 Å². The fourth-order valence-corrected chi connectivity index (χ4v) is 2.40. The van der Waals surface area contributed by atoms with E-state index in [-0.39, 0.29) is 5.91 Å². The molecule has 0 unspecified atom stereocenters. The molecule has 3 rings (SSSR count). The number of aryl methyl sites for hydroxylation is 2. The van der Waals surface area contributed by atoms with E-state index in [0.29, 0.717) is 0 Å². The molecule has 0 fully saturated rings. The Bertz CT molecular complexity index is 890. The zero-order chi connectivity index (χ0) is 16.4. The van der Waals surface area contributed by atoms with Crippen LogP contribution in [0.5, 0.6) is 5.75 Å². The van der Waals surface area contributed by atoms with Gasteiger partial charge in [-0.05, 0) is 60.9 Å². The summed E-state index contributed by atoms with van der Waals surface area (Å²) in [5, 5.41) is 0. The van der Waals surface area contributed by atoms with Crippen molar-refractivity contribution in [2.45, 2.75) is 13.8 Å². The number of hydrogen-bond acceptors (Lipinski definition) is 3. The van der Waals surface area contributed by atoms with Gasteiger partial charge < -0.3 is 4.74 Å². The Hall–Kier alpha value is -2.88. The molecule has 1 aromatic heterocycles. The van der Waals surface area contributed by atoms with E-state index in [1.807, 2.05) is 50.2 Å². The Morgan fingerprint density at radius 2 is 1.83 bits per heavy atom. The summed E-state index contributed by atoms with van der Waals surface area (Å²) >= 11 is 0. The minimum absolute atomic E-state index is 0.119. The second-order valence-corrected chi connectivity index (χ2v) is 5.48.